The molecule has 1 aromatic carbocycles. The van der Waals surface area contributed by atoms with Gasteiger partial charge in [-0.3, -0.25) is 0 Å². The van der Waals surface area contributed by atoms with Crippen LogP contribution in [0.4, 0.5) is 0 Å². The van der Waals surface area contributed by atoms with E-state index in [1.165, 1.54) is 5.56 Å². The highest BCUT2D eigenvalue weighted by atomic mass is 16.5. The highest BCUT2D eigenvalue weighted by Gasteiger charge is 2.04. The molecule has 0 radical (unpaired) electrons. The normalized spacial score (nSPS) is 11.4. The highest BCUT2D eigenvalue weighted by molar-refractivity contribution is 5.79. The molecule has 1 rings (SSSR count). The molecule has 6 nitrogen and oxygen atoms in total. The summed E-state index contributed by atoms with van der Waals surface area (Å²) in [5, 5.41) is 14.7. The van der Waals surface area contributed by atoms with Crippen LogP contribution in [0.5, 0.6) is 11.5 Å². The minimum absolute atomic E-state index is 0.292. The minimum atomic E-state index is 0.292. The number of ether oxygens (including phenoxy) is 2. The maximum absolute atomic E-state index is 8.41. The molecule has 0 aliphatic heterocycles. The van der Waals surface area contributed by atoms with Crippen LogP contribution < -0.4 is 20.5 Å². The first-order chi connectivity index (χ1) is 10.2. The number of rotatable bonds is 10. The molecule has 0 unspecified atom stereocenters. The van der Waals surface area contributed by atoms with Crippen LogP contribution in [0.25, 0.3) is 0 Å². The van der Waals surface area contributed by atoms with Gasteiger partial charge in [-0.1, -0.05) is 11.2 Å². The summed E-state index contributed by atoms with van der Waals surface area (Å²) >= 11 is 0. The van der Waals surface area contributed by atoms with E-state index in [1.54, 1.807) is 14.2 Å². The molecule has 21 heavy (non-hydrogen) atoms. The van der Waals surface area contributed by atoms with Crippen LogP contribution in [0.15, 0.2) is 23.4 Å². The van der Waals surface area contributed by atoms with Crippen molar-refractivity contribution in [3.05, 3.63) is 23.8 Å². The third kappa shape index (κ3) is 6.35. The zero-order valence-electron chi connectivity index (χ0n) is 12.8. The number of amidine groups is 1. The lowest BCUT2D eigenvalue weighted by atomic mass is 10.1. The van der Waals surface area contributed by atoms with Crippen molar-refractivity contribution in [1.82, 2.24) is 5.32 Å². The van der Waals surface area contributed by atoms with Gasteiger partial charge in [0.2, 0.25) is 0 Å². The minimum Gasteiger partial charge on any atom is -0.493 e. The van der Waals surface area contributed by atoms with Crippen LogP contribution in [-0.4, -0.2) is 38.4 Å². The van der Waals surface area contributed by atoms with Crippen LogP contribution in [0.1, 0.15) is 24.8 Å². The first-order valence-corrected chi connectivity index (χ1v) is 7.09. The Hall–Kier alpha value is -1.95. The summed E-state index contributed by atoms with van der Waals surface area (Å²) in [6, 6.07) is 5.96. The Bertz CT molecular complexity index is 450. The second-order valence-electron chi connectivity index (χ2n) is 4.74. The Morgan fingerprint density at radius 3 is 2.62 bits per heavy atom. The zero-order valence-corrected chi connectivity index (χ0v) is 12.8. The van der Waals surface area contributed by atoms with Crippen molar-refractivity contribution >= 4 is 5.84 Å². The van der Waals surface area contributed by atoms with E-state index in [-0.39, 0.29) is 0 Å². The van der Waals surface area contributed by atoms with E-state index in [0.29, 0.717) is 12.3 Å². The third-order valence-corrected chi connectivity index (χ3v) is 3.20. The van der Waals surface area contributed by atoms with Crippen molar-refractivity contribution in [3.8, 4) is 11.5 Å². The standard InChI is InChI=1S/C15H25N3O3/c1-20-13-7-6-12(11-14(13)21-2)8-10-17-9-4-3-5-15(16)18-19/h6-7,11,17,19H,3-5,8-10H2,1-2H3,(H2,16,18). The van der Waals surface area contributed by atoms with Gasteiger partial charge in [-0.15, -0.1) is 0 Å². The van der Waals surface area contributed by atoms with Gasteiger partial charge in [0.15, 0.2) is 11.5 Å². The topological polar surface area (TPSA) is 89.1 Å². The first kappa shape index (κ1) is 17.1. The van der Waals surface area contributed by atoms with Crippen LogP contribution in [0, 0.1) is 0 Å². The molecule has 0 saturated heterocycles. The second-order valence-corrected chi connectivity index (χ2v) is 4.74. The molecule has 0 amide bonds. The van der Waals surface area contributed by atoms with Crippen LogP contribution in [-0.2, 0) is 6.42 Å². The van der Waals surface area contributed by atoms with Crippen molar-refractivity contribution in [1.29, 1.82) is 0 Å². The van der Waals surface area contributed by atoms with Gasteiger partial charge in [0.05, 0.1) is 14.2 Å². The average Bonchev–Trinajstić information content (AvgIpc) is 2.53. The predicted octanol–water partition coefficient (Wildman–Crippen LogP) is 1.75. The fraction of sp³-hybridized carbons (Fsp3) is 0.533. The summed E-state index contributed by atoms with van der Waals surface area (Å²) in [6.07, 6.45) is 3.48. The summed E-state index contributed by atoms with van der Waals surface area (Å²) in [7, 11) is 3.27. The Morgan fingerprint density at radius 1 is 1.19 bits per heavy atom. The van der Waals surface area contributed by atoms with E-state index in [9.17, 15) is 0 Å². The summed E-state index contributed by atoms with van der Waals surface area (Å²) in [5.74, 6) is 1.80. The maximum Gasteiger partial charge on any atom is 0.160 e. The summed E-state index contributed by atoms with van der Waals surface area (Å²) < 4.78 is 10.5. The number of methoxy groups -OCH3 is 2. The van der Waals surface area contributed by atoms with Gasteiger partial charge in [0.25, 0.3) is 0 Å². The van der Waals surface area contributed by atoms with Gasteiger partial charge in [0.1, 0.15) is 5.84 Å². The van der Waals surface area contributed by atoms with Crippen molar-refractivity contribution in [2.75, 3.05) is 27.3 Å². The summed E-state index contributed by atoms with van der Waals surface area (Å²) in [5.41, 5.74) is 6.60. The smallest absolute Gasteiger partial charge is 0.160 e. The SMILES string of the molecule is COc1ccc(CCNCCCCC(N)=NO)cc1OC. The van der Waals surface area contributed by atoms with Gasteiger partial charge in [-0.2, -0.15) is 0 Å². The van der Waals surface area contributed by atoms with Crippen LogP contribution >= 0.6 is 0 Å². The molecule has 0 saturated carbocycles. The van der Waals surface area contributed by atoms with Gasteiger partial charge in [0, 0.05) is 6.42 Å². The second kappa shape index (κ2) is 9.88. The molecule has 0 fully saturated rings. The Balaban J connectivity index is 2.21. The third-order valence-electron chi connectivity index (χ3n) is 3.20. The lowest BCUT2D eigenvalue weighted by Crippen LogP contribution is -2.19. The largest absolute Gasteiger partial charge is 0.493 e. The number of hydrogen-bond acceptors (Lipinski definition) is 5. The van der Waals surface area contributed by atoms with Gasteiger partial charge < -0.3 is 25.7 Å². The van der Waals surface area contributed by atoms with Crippen molar-refractivity contribution < 1.29 is 14.7 Å². The zero-order chi connectivity index (χ0) is 15.5. The molecular formula is C15H25N3O3. The highest BCUT2D eigenvalue weighted by Crippen LogP contribution is 2.27. The fourth-order valence-electron chi connectivity index (χ4n) is 2.00. The van der Waals surface area contributed by atoms with Gasteiger partial charge in [-0.25, -0.2) is 0 Å². The van der Waals surface area contributed by atoms with Crippen molar-refractivity contribution in [3.63, 3.8) is 0 Å². The fourth-order valence-corrected chi connectivity index (χ4v) is 2.00. The monoisotopic (exact) mass is 295 g/mol. The summed E-state index contributed by atoms with van der Waals surface area (Å²) in [6.45, 7) is 1.82. The quantitative estimate of drug-likeness (QED) is 0.201. The van der Waals surface area contributed by atoms with E-state index in [4.69, 9.17) is 20.4 Å². The number of benzene rings is 1. The van der Waals surface area contributed by atoms with Crippen molar-refractivity contribution in [2.45, 2.75) is 25.7 Å². The van der Waals surface area contributed by atoms with E-state index in [0.717, 1.165) is 43.9 Å². The predicted molar refractivity (Wildman–Crippen MR) is 83.4 cm³/mol. The molecule has 118 valence electrons. The van der Waals surface area contributed by atoms with E-state index < -0.39 is 0 Å². The number of unbranched alkanes of at least 4 members (excludes halogenated alkanes) is 1. The maximum atomic E-state index is 8.41. The molecule has 0 aromatic heterocycles. The molecule has 0 aliphatic rings. The molecule has 0 bridgehead atoms. The number of nitrogens with one attached hydrogen (secondary N) is 1. The molecule has 0 heterocycles. The van der Waals surface area contributed by atoms with E-state index in [2.05, 4.69) is 10.5 Å². The number of nitrogens with zero attached hydrogens (tertiary/aromatic N) is 1. The van der Waals surface area contributed by atoms with E-state index in [1.807, 2.05) is 18.2 Å². The Kier molecular flexibility index (Phi) is 8.04. The molecular weight excluding hydrogens is 270 g/mol. The molecule has 4 N–H and O–H groups in total. The van der Waals surface area contributed by atoms with E-state index >= 15 is 0 Å². The lowest BCUT2D eigenvalue weighted by Gasteiger charge is -2.10. The Labute approximate surface area is 125 Å². The molecule has 0 aliphatic carbocycles. The number of oxime groups is 1. The number of nitrogens with two attached hydrogens (primary N) is 1. The van der Waals surface area contributed by atoms with Crippen LogP contribution in [0.3, 0.4) is 0 Å². The lowest BCUT2D eigenvalue weighted by molar-refractivity contribution is 0.316. The van der Waals surface area contributed by atoms with Gasteiger partial charge in [-0.05, 0) is 50.0 Å². The first-order valence-electron chi connectivity index (χ1n) is 7.09. The molecule has 0 spiro atoms. The summed E-state index contributed by atoms with van der Waals surface area (Å²) in [4.78, 5) is 0. The number of hydrogen-bond donors (Lipinski definition) is 3. The Morgan fingerprint density at radius 2 is 1.95 bits per heavy atom. The average molecular weight is 295 g/mol. The van der Waals surface area contributed by atoms with Crippen molar-refractivity contribution in [2.24, 2.45) is 10.9 Å². The molecule has 6 heteroatoms. The van der Waals surface area contributed by atoms with Crippen LogP contribution in [0.2, 0.25) is 0 Å². The molecule has 1 aromatic rings. The van der Waals surface area contributed by atoms with Gasteiger partial charge >= 0.3 is 0 Å². The molecule has 0 atom stereocenters.